The molecule has 1 saturated carbocycles. The van der Waals surface area contributed by atoms with Gasteiger partial charge in [0.2, 0.25) is 0 Å². The highest BCUT2D eigenvalue weighted by Crippen LogP contribution is 2.31. The van der Waals surface area contributed by atoms with Crippen LogP contribution in [0.1, 0.15) is 45.3 Å². The summed E-state index contributed by atoms with van der Waals surface area (Å²) in [6.45, 7) is 9.84. The van der Waals surface area contributed by atoms with E-state index in [1.807, 2.05) is 0 Å². The molecule has 0 spiro atoms. The van der Waals surface area contributed by atoms with Gasteiger partial charge in [-0.05, 0) is 12.8 Å². The summed E-state index contributed by atoms with van der Waals surface area (Å²) < 4.78 is 2.32. The SMILES string of the molecule is CC(C)(C)c1nnc2n1CCN(C1CC1)C2. The third-order valence-electron chi connectivity index (χ3n) is 3.52. The van der Waals surface area contributed by atoms with Gasteiger partial charge in [-0.3, -0.25) is 4.90 Å². The Labute approximate surface area is 96.7 Å². The van der Waals surface area contributed by atoms with Crippen LogP contribution in [0.15, 0.2) is 0 Å². The molecule has 0 bridgehead atoms. The molecular formula is C12H20N4. The van der Waals surface area contributed by atoms with Crippen molar-refractivity contribution in [2.75, 3.05) is 6.54 Å². The molecule has 1 fully saturated rings. The lowest BCUT2D eigenvalue weighted by Crippen LogP contribution is -2.36. The minimum Gasteiger partial charge on any atom is -0.312 e. The van der Waals surface area contributed by atoms with E-state index in [0.29, 0.717) is 0 Å². The van der Waals surface area contributed by atoms with E-state index in [1.165, 1.54) is 19.4 Å². The Hall–Kier alpha value is -0.900. The van der Waals surface area contributed by atoms with E-state index in [2.05, 4.69) is 40.4 Å². The lowest BCUT2D eigenvalue weighted by Gasteiger charge is -2.29. The molecule has 88 valence electrons. The zero-order chi connectivity index (χ0) is 11.3. The van der Waals surface area contributed by atoms with Gasteiger partial charge in [-0.2, -0.15) is 0 Å². The number of aromatic nitrogens is 3. The summed E-state index contributed by atoms with van der Waals surface area (Å²) in [7, 11) is 0. The number of hydrogen-bond acceptors (Lipinski definition) is 3. The topological polar surface area (TPSA) is 34.0 Å². The molecule has 1 aliphatic carbocycles. The van der Waals surface area contributed by atoms with Crippen molar-refractivity contribution < 1.29 is 0 Å². The standard InChI is InChI=1S/C12H20N4/c1-12(2,3)11-14-13-10-8-15(9-4-5-9)6-7-16(10)11/h9H,4-8H2,1-3H3. The van der Waals surface area contributed by atoms with Crippen LogP contribution in [0.25, 0.3) is 0 Å². The van der Waals surface area contributed by atoms with E-state index in [1.54, 1.807) is 0 Å². The minimum absolute atomic E-state index is 0.104. The molecule has 16 heavy (non-hydrogen) atoms. The van der Waals surface area contributed by atoms with Crippen molar-refractivity contribution in [3.05, 3.63) is 11.6 Å². The number of hydrogen-bond donors (Lipinski definition) is 0. The Morgan fingerprint density at radius 1 is 1.12 bits per heavy atom. The van der Waals surface area contributed by atoms with Gasteiger partial charge in [0.1, 0.15) is 11.6 Å². The van der Waals surface area contributed by atoms with Gasteiger partial charge in [0, 0.05) is 24.5 Å². The van der Waals surface area contributed by atoms with Crippen LogP contribution in [0.4, 0.5) is 0 Å². The van der Waals surface area contributed by atoms with Gasteiger partial charge in [-0.1, -0.05) is 20.8 Å². The molecular weight excluding hydrogens is 200 g/mol. The smallest absolute Gasteiger partial charge is 0.147 e. The molecule has 1 aromatic heterocycles. The van der Waals surface area contributed by atoms with Gasteiger partial charge in [0.15, 0.2) is 0 Å². The summed E-state index contributed by atoms with van der Waals surface area (Å²) in [5, 5.41) is 8.72. The highest BCUT2D eigenvalue weighted by molar-refractivity contribution is 5.08. The Kier molecular flexibility index (Phi) is 2.11. The first-order valence-corrected chi connectivity index (χ1v) is 6.22. The summed E-state index contributed by atoms with van der Waals surface area (Å²) in [5.41, 5.74) is 0.104. The summed E-state index contributed by atoms with van der Waals surface area (Å²) in [5.74, 6) is 2.29. The van der Waals surface area contributed by atoms with Crippen molar-refractivity contribution in [2.45, 2.75) is 58.2 Å². The molecule has 0 N–H and O–H groups in total. The monoisotopic (exact) mass is 220 g/mol. The molecule has 0 saturated heterocycles. The number of rotatable bonds is 1. The van der Waals surface area contributed by atoms with E-state index in [0.717, 1.165) is 30.8 Å². The van der Waals surface area contributed by atoms with Crippen LogP contribution in [-0.4, -0.2) is 32.3 Å². The quantitative estimate of drug-likeness (QED) is 0.720. The van der Waals surface area contributed by atoms with Crippen LogP contribution < -0.4 is 0 Å². The average Bonchev–Trinajstić information content (AvgIpc) is 2.95. The first-order valence-electron chi connectivity index (χ1n) is 6.22. The molecule has 1 aliphatic heterocycles. The summed E-state index contributed by atoms with van der Waals surface area (Å²) in [6, 6.07) is 0.837. The molecule has 3 rings (SSSR count). The van der Waals surface area contributed by atoms with Crippen molar-refractivity contribution in [3.63, 3.8) is 0 Å². The highest BCUT2D eigenvalue weighted by atomic mass is 15.4. The first kappa shape index (κ1) is 10.3. The molecule has 2 heterocycles. The fraction of sp³-hybridized carbons (Fsp3) is 0.833. The second-order valence-electron chi connectivity index (χ2n) is 6.04. The highest BCUT2D eigenvalue weighted by Gasteiger charge is 2.34. The van der Waals surface area contributed by atoms with Crippen LogP contribution in [0.2, 0.25) is 0 Å². The Morgan fingerprint density at radius 2 is 1.88 bits per heavy atom. The van der Waals surface area contributed by atoms with E-state index >= 15 is 0 Å². The maximum Gasteiger partial charge on any atom is 0.147 e. The van der Waals surface area contributed by atoms with Crippen molar-refractivity contribution in [3.8, 4) is 0 Å². The van der Waals surface area contributed by atoms with E-state index in [9.17, 15) is 0 Å². The lowest BCUT2D eigenvalue weighted by molar-refractivity contribution is 0.203. The van der Waals surface area contributed by atoms with Gasteiger partial charge in [0.05, 0.1) is 6.54 Å². The number of nitrogens with zero attached hydrogens (tertiary/aromatic N) is 4. The second-order valence-corrected chi connectivity index (χ2v) is 6.04. The third-order valence-corrected chi connectivity index (χ3v) is 3.52. The predicted octanol–water partition coefficient (Wildman–Crippen LogP) is 1.55. The molecule has 0 amide bonds. The summed E-state index contributed by atoms with van der Waals surface area (Å²) in [4.78, 5) is 2.55. The van der Waals surface area contributed by atoms with E-state index < -0.39 is 0 Å². The van der Waals surface area contributed by atoms with Gasteiger partial charge < -0.3 is 4.57 Å². The largest absolute Gasteiger partial charge is 0.312 e. The van der Waals surface area contributed by atoms with Crippen molar-refractivity contribution in [1.29, 1.82) is 0 Å². The zero-order valence-electron chi connectivity index (χ0n) is 10.4. The zero-order valence-corrected chi connectivity index (χ0v) is 10.4. The molecule has 0 radical (unpaired) electrons. The summed E-state index contributed by atoms with van der Waals surface area (Å²) in [6.07, 6.45) is 2.75. The van der Waals surface area contributed by atoms with Crippen molar-refractivity contribution >= 4 is 0 Å². The van der Waals surface area contributed by atoms with Gasteiger partial charge in [0.25, 0.3) is 0 Å². The maximum absolute atomic E-state index is 4.37. The maximum atomic E-state index is 4.37. The van der Waals surface area contributed by atoms with Gasteiger partial charge in [-0.25, -0.2) is 0 Å². The fourth-order valence-electron chi connectivity index (χ4n) is 2.48. The molecule has 0 unspecified atom stereocenters. The van der Waals surface area contributed by atoms with Crippen LogP contribution >= 0.6 is 0 Å². The Morgan fingerprint density at radius 3 is 2.50 bits per heavy atom. The van der Waals surface area contributed by atoms with Crippen LogP contribution in [0.5, 0.6) is 0 Å². The average molecular weight is 220 g/mol. The molecule has 4 heteroatoms. The third kappa shape index (κ3) is 1.65. The van der Waals surface area contributed by atoms with E-state index in [4.69, 9.17) is 0 Å². The van der Waals surface area contributed by atoms with Gasteiger partial charge in [-0.15, -0.1) is 10.2 Å². The van der Waals surface area contributed by atoms with E-state index in [-0.39, 0.29) is 5.41 Å². The molecule has 2 aliphatic rings. The normalized spacial score (nSPS) is 22.2. The van der Waals surface area contributed by atoms with Crippen molar-refractivity contribution in [2.24, 2.45) is 0 Å². The summed E-state index contributed by atoms with van der Waals surface area (Å²) >= 11 is 0. The Balaban J connectivity index is 1.87. The second kappa shape index (κ2) is 3.29. The molecule has 4 nitrogen and oxygen atoms in total. The van der Waals surface area contributed by atoms with Crippen LogP contribution in [0, 0.1) is 0 Å². The fourth-order valence-corrected chi connectivity index (χ4v) is 2.48. The molecule has 0 atom stereocenters. The van der Waals surface area contributed by atoms with Crippen LogP contribution in [0.3, 0.4) is 0 Å². The molecule has 1 aromatic rings. The van der Waals surface area contributed by atoms with Gasteiger partial charge >= 0.3 is 0 Å². The lowest BCUT2D eigenvalue weighted by atomic mass is 9.95. The molecule has 0 aromatic carbocycles. The van der Waals surface area contributed by atoms with Crippen molar-refractivity contribution in [1.82, 2.24) is 19.7 Å². The predicted molar refractivity (Wildman–Crippen MR) is 62.2 cm³/mol. The Bertz CT molecular complexity index is 398. The van der Waals surface area contributed by atoms with Crippen LogP contribution in [-0.2, 0) is 18.5 Å². The number of fused-ring (bicyclic) bond motifs is 1. The minimum atomic E-state index is 0.104. The first-order chi connectivity index (χ1) is 7.55.